The zero-order valence-electron chi connectivity index (χ0n) is 12.3. The first kappa shape index (κ1) is 14.4. The van der Waals surface area contributed by atoms with Crippen molar-refractivity contribution in [2.24, 2.45) is 16.5 Å². The largest absolute Gasteiger partial charge is 0.396 e. The van der Waals surface area contributed by atoms with Gasteiger partial charge in [0.25, 0.3) is 0 Å². The molecule has 0 radical (unpaired) electrons. The number of carbonyl (C=O) groups is 2. The molecule has 0 saturated heterocycles. The van der Waals surface area contributed by atoms with E-state index in [4.69, 9.17) is 4.84 Å². The molecule has 0 bridgehead atoms. The minimum absolute atomic E-state index is 0.182. The van der Waals surface area contributed by atoms with Gasteiger partial charge >= 0.3 is 0 Å². The summed E-state index contributed by atoms with van der Waals surface area (Å²) in [6.45, 7) is 8.00. The van der Waals surface area contributed by atoms with Gasteiger partial charge in [-0.05, 0) is 6.92 Å². The number of fused-ring (bicyclic) bond motifs is 1. The Bertz CT molecular complexity index is 547. The van der Waals surface area contributed by atoms with E-state index in [1.807, 2.05) is 27.7 Å². The van der Waals surface area contributed by atoms with Crippen LogP contribution < -0.4 is 0 Å². The Morgan fingerprint density at radius 1 is 1.15 bits per heavy atom. The molecular weight excluding hydrogens is 254 g/mol. The molecule has 1 aliphatic rings. The van der Waals surface area contributed by atoms with Crippen LogP contribution in [0.1, 0.15) is 48.4 Å². The number of benzene rings is 1. The van der Waals surface area contributed by atoms with Gasteiger partial charge in [-0.15, -0.1) is 0 Å². The minimum Gasteiger partial charge on any atom is -0.396 e. The van der Waals surface area contributed by atoms with Crippen LogP contribution in [0.5, 0.6) is 0 Å². The van der Waals surface area contributed by atoms with Crippen molar-refractivity contribution in [2.75, 3.05) is 6.61 Å². The van der Waals surface area contributed by atoms with Crippen molar-refractivity contribution in [3.63, 3.8) is 0 Å². The third-order valence-corrected chi connectivity index (χ3v) is 3.32. The van der Waals surface area contributed by atoms with Gasteiger partial charge in [0.1, 0.15) is 12.5 Å². The van der Waals surface area contributed by atoms with Gasteiger partial charge in [0.2, 0.25) is 0 Å². The van der Waals surface area contributed by atoms with Crippen LogP contribution in [0.4, 0.5) is 0 Å². The number of carbonyl (C=O) groups excluding carboxylic acids is 2. The molecule has 0 aromatic heterocycles. The lowest BCUT2D eigenvalue weighted by atomic mass is 9.80. The van der Waals surface area contributed by atoms with E-state index < -0.39 is 11.3 Å². The Kier molecular flexibility index (Phi) is 3.75. The second kappa shape index (κ2) is 5.19. The summed E-state index contributed by atoms with van der Waals surface area (Å²) in [4.78, 5) is 30.1. The van der Waals surface area contributed by atoms with E-state index in [1.165, 1.54) is 0 Å². The van der Waals surface area contributed by atoms with Crippen molar-refractivity contribution in [3.8, 4) is 0 Å². The molecule has 0 spiro atoms. The minimum atomic E-state index is -0.848. The van der Waals surface area contributed by atoms with Crippen molar-refractivity contribution in [3.05, 3.63) is 35.4 Å². The highest BCUT2D eigenvalue weighted by atomic mass is 16.6. The first-order valence-electron chi connectivity index (χ1n) is 6.75. The first-order valence-corrected chi connectivity index (χ1v) is 6.75. The summed E-state index contributed by atoms with van der Waals surface area (Å²) in [5.74, 6) is -1.21. The Morgan fingerprint density at radius 2 is 1.65 bits per heavy atom. The van der Waals surface area contributed by atoms with Gasteiger partial charge in [0.05, 0.1) is 5.71 Å². The predicted octanol–water partition coefficient (Wildman–Crippen LogP) is 3.12. The number of oxime groups is 1. The second-order valence-electron chi connectivity index (χ2n) is 5.85. The lowest BCUT2D eigenvalue weighted by Gasteiger charge is -2.23. The summed E-state index contributed by atoms with van der Waals surface area (Å²) in [7, 11) is 0. The summed E-state index contributed by atoms with van der Waals surface area (Å²) in [6.07, 6.45) is 0. The fraction of sp³-hybridized carbons (Fsp3) is 0.438. The maximum atomic E-state index is 12.5. The SMILES string of the molecule is CCON=C(C1C(=O)c2ccccc2C1=O)C(C)(C)C. The summed E-state index contributed by atoms with van der Waals surface area (Å²) in [5, 5.41) is 4.05. The topological polar surface area (TPSA) is 55.7 Å². The lowest BCUT2D eigenvalue weighted by molar-refractivity contribution is 0.0867. The van der Waals surface area contributed by atoms with Crippen LogP contribution in [-0.2, 0) is 4.84 Å². The summed E-state index contributed by atoms with van der Waals surface area (Å²) in [5.41, 5.74) is 1.05. The zero-order chi connectivity index (χ0) is 14.9. The second-order valence-corrected chi connectivity index (χ2v) is 5.85. The summed E-state index contributed by atoms with van der Waals surface area (Å²) >= 11 is 0. The van der Waals surface area contributed by atoms with E-state index in [-0.39, 0.29) is 11.6 Å². The van der Waals surface area contributed by atoms with Crippen LogP contribution in [0.25, 0.3) is 0 Å². The summed E-state index contributed by atoms with van der Waals surface area (Å²) in [6, 6.07) is 6.92. The standard InChI is InChI=1S/C16H19NO3/c1-5-20-17-15(16(2,3)4)12-13(18)10-8-6-7-9-11(10)14(12)19/h6-9,12H,5H2,1-4H3. The molecule has 4 nitrogen and oxygen atoms in total. The van der Waals surface area contributed by atoms with Crippen molar-refractivity contribution >= 4 is 17.3 Å². The maximum absolute atomic E-state index is 12.5. The van der Waals surface area contributed by atoms with Crippen LogP contribution in [0.3, 0.4) is 0 Å². The average Bonchev–Trinajstić information content (AvgIpc) is 2.63. The highest BCUT2D eigenvalue weighted by Gasteiger charge is 2.45. The maximum Gasteiger partial charge on any atom is 0.180 e. The van der Waals surface area contributed by atoms with Gasteiger partial charge < -0.3 is 4.84 Å². The van der Waals surface area contributed by atoms with Crippen LogP contribution in [-0.4, -0.2) is 23.9 Å². The quantitative estimate of drug-likeness (QED) is 0.483. The molecule has 0 N–H and O–H groups in total. The number of Topliss-reactive ketones (excluding diaryl/α,β-unsaturated/α-hetero) is 2. The first-order chi connectivity index (χ1) is 9.38. The average molecular weight is 273 g/mol. The Labute approximate surface area is 118 Å². The monoisotopic (exact) mass is 273 g/mol. The van der Waals surface area contributed by atoms with E-state index in [1.54, 1.807) is 24.3 Å². The highest BCUT2D eigenvalue weighted by Crippen LogP contribution is 2.33. The van der Waals surface area contributed by atoms with Crippen molar-refractivity contribution in [2.45, 2.75) is 27.7 Å². The molecule has 0 unspecified atom stereocenters. The van der Waals surface area contributed by atoms with Crippen molar-refractivity contribution in [1.29, 1.82) is 0 Å². The molecule has 0 fully saturated rings. The van der Waals surface area contributed by atoms with Gasteiger partial charge in [-0.1, -0.05) is 50.2 Å². The van der Waals surface area contributed by atoms with Crippen molar-refractivity contribution < 1.29 is 14.4 Å². The van der Waals surface area contributed by atoms with Gasteiger partial charge in [-0.2, -0.15) is 0 Å². The van der Waals surface area contributed by atoms with Crippen LogP contribution >= 0.6 is 0 Å². The molecule has 1 aromatic rings. The van der Waals surface area contributed by atoms with E-state index in [0.29, 0.717) is 23.4 Å². The third kappa shape index (κ3) is 2.38. The Hall–Kier alpha value is -1.97. The molecule has 2 rings (SSSR count). The molecule has 0 aliphatic heterocycles. The molecule has 1 aromatic carbocycles. The fourth-order valence-corrected chi connectivity index (χ4v) is 2.35. The Morgan fingerprint density at radius 3 is 2.05 bits per heavy atom. The smallest absolute Gasteiger partial charge is 0.180 e. The molecule has 0 atom stereocenters. The number of hydrogen-bond donors (Lipinski definition) is 0. The van der Waals surface area contributed by atoms with Gasteiger partial charge in [-0.25, -0.2) is 0 Å². The number of ketones is 2. The van der Waals surface area contributed by atoms with E-state index in [9.17, 15) is 9.59 Å². The Balaban J connectivity index is 2.48. The predicted molar refractivity (Wildman–Crippen MR) is 77.1 cm³/mol. The fourth-order valence-electron chi connectivity index (χ4n) is 2.35. The molecule has 4 heteroatoms. The number of hydrogen-bond acceptors (Lipinski definition) is 4. The lowest BCUT2D eigenvalue weighted by Crippen LogP contribution is -2.35. The molecule has 1 aliphatic carbocycles. The number of rotatable bonds is 3. The van der Waals surface area contributed by atoms with E-state index in [2.05, 4.69) is 5.16 Å². The van der Waals surface area contributed by atoms with E-state index in [0.717, 1.165) is 0 Å². The van der Waals surface area contributed by atoms with Crippen LogP contribution in [0.15, 0.2) is 29.4 Å². The zero-order valence-corrected chi connectivity index (χ0v) is 12.3. The molecular formula is C16H19NO3. The highest BCUT2D eigenvalue weighted by molar-refractivity contribution is 6.36. The van der Waals surface area contributed by atoms with Crippen molar-refractivity contribution in [1.82, 2.24) is 0 Å². The normalized spacial score (nSPS) is 16.5. The third-order valence-electron chi connectivity index (χ3n) is 3.32. The van der Waals surface area contributed by atoms with Gasteiger partial charge in [0.15, 0.2) is 11.6 Å². The van der Waals surface area contributed by atoms with Gasteiger partial charge in [-0.3, -0.25) is 9.59 Å². The van der Waals surface area contributed by atoms with Crippen LogP contribution in [0, 0.1) is 11.3 Å². The molecule has 0 amide bonds. The van der Waals surface area contributed by atoms with Crippen LogP contribution in [0.2, 0.25) is 0 Å². The summed E-state index contributed by atoms with van der Waals surface area (Å²) < 4.78 is 0. The van der Waals surface area contributed by atoms with E-state index >= 15 is 0 Å². The van der Waals surface area contributed by atoms with Gasteiger partial charge in [0, 0.05) is 16.5 Å². The molecule has 106 valence electrons. The molecule has 0 saturated carbocycles. The number of nitrogens with zero attached hydrogens (tertiary/aromatic N) is 1. The molecule has 0 heterocycles. The molecule has 20 heavy (non-hydrogen) atoms.